The molecule has 0 aliphatic rings. The quantitative estimate of drug-likeness (QED) is 0.325. The van der Waals surface area contributed by atoms with Gasteiger partial charge in [0, 0.05) is 13.1 Å². The first-order chi connectivity index (χ1) is 18.9. The number of hydrogen-bond donors (Lipinski definition) is 1. The van der Waals surface area contributed by atoms with Crippen LogP contribution in [0.1, 0.15) is 26.3 Å². The van der Waals surface area contributed by atoms with E-state index in [1.54, 1.807) is 49.4 Å². The van der Waals surface area contributed by atoms with Gasteiger partial charge in [0.2, 0.25) is 11.8 Å². The number of nitrogens with zero attached hydrogens (tertiary/aromatic N) is 2. The molecular weight excluding hydrogens is 557 g/mol. The average Bonchev–Trinajstić information content (AvgIpc) is 2.94. The van der Waals surface area contributed by atoms with Gasteiger partial charge in [-0.25, -0.2) is 12.8 Å². The van der Waals surface area contributed by atoms with Crippen molar-refractivity contribution >= 4 is 39.1 Å². The number of hydrogen-bond acceptors (Lipinski definition) is 5. The van der Waals surface area contributed by atoms with Crippen LogP contribution in [-0.4, -0.2) is 51.4 Å². The molecule has 0 saturated carbocycles. The van der Waals surface area contributed by atoms with Gasteiger partial charge >= 0.3 is 0 Å². The van der Waals surface area contributed by atoms with Crippen LogP contribution in [0.25, 0.3) is 0 Å². The number of halogens is 2. The largest absolute Gasteiger partial charge is 0.497 e. The lowest BCUT2D eigenvalue weighted by Gasteiger charge is -2.32. The summed E-state index contributed by atoms with van der Waals surface area (Å²) in [6, 6.07) is 17.1. The van der Waals surface area contributed by atoms with Crippen LogP contribution in [0, 0.1) is 11.7 Å². The summed E-state index contributed by atoms with van der Waals surface area (Å²) in [6.07, 6.45) is 0. The van der Waals surface area contributed by atoms with Gasteiger partial charge in [0.1, 0.15) is 24.2 Å². The first-order valence-corrected chi connectivity index (χ1v) is 14.5. The number of carbonyl (C=O) groups is 2. The van der Waals surface area contributed by atoms with E-state index in [2.05, 4.69) is 5.32 Å². The minimum Gasteiger partial charge on any atom is -0.497 e. The number of carbonyl (C=O) groups excluding carboxylic acids is 2. The summed E-state index contributed by atoms with van der Waals surface area (Å²) in [5.41, 5.74) is 0.681. The molecule has 11 heteroatoms. The lowest BCUT2D eigenvalue weighted by molar-refractivity contribution is -0.139. The van der Waals surface area contributed by atoms with Crippen molar-refractivity contribution in [3.05, 3.63) is 89.2 Å². The molecule has 0 aromatic heterocycles. The van der Waals surface area contributed by atoms with Crippen molar-refractivity contribution in [2.45, 2.75) is 38.3 Å². The third-order valence-corrected chi connectivity index (χ3v) is 8.22. The topological polar surface area (TPSA) is 96.0 Å². The molecule has 3 rings (SSSR count). The Morgan fingerprint density at radius 2 is 1.70 bits per heavy atom. The molecule has 2 amide bonds. The molecule has 1 atom stereocenters. The molecule has 0 radical (unpaired) electrons. The first kappa shape index (κ1) is 30.9. The number of nitrogens with one attached hydrogen (secondary N) is 1. The molecule has 0 aliphatic carbocycles. The Hall–Kier alpha value is -3.63. The molecule has 1 N–H and O–H groups in total. The van der Waals surface area contributed by atoms with Crippen LogP contribution in [0.5, 0.6) is 5.75 Å². The predicted octanol–water partition coefficient (Wildman–Crippen LogP) is 4.87. The van der Waals surface area contributed by atoms with Crippen molar-refractivity contribution < 1.29 is 27.1 Å². The highest BCUT2D eigenvalue weighted by Crippen LogP contribution is 2.28. The molecule has 3 aromatic rings. The van der Waals surface area contributed by atoms with Gasteiger partial charge in [-0.2, -0.15) is 0 Å². The highest BCUT2D eigenvalue weighted by Gasteiger charge is 2.32. The second-order valence-electron chi connectivity index (χ2n) is 9.61. The Labute approximate surface area is 239 Å². The van der Waals surface area contributed by atoms with E-state index in [1.807, 2.05) is 13.8 Å². The number of anilines is 1. The zero-order valence-electron chi connectivity index (χ0n) is 22.8. The van der Waals surface area contributed by atoms with E-state index in [0.29, 0.717) is 17.9 Å². The Morgan fingerprint density at radius 1 is 1.00 bits per heavy atom. The average molecular weight is 590 g/mol. The molecule has 0 aliphatic heterocycles. The zero-order valence-corrected chi connectivity index (χ0v) is 24.4. The molecule has 3 aromatic carbocycles. The lowest BCUT2D eigenvalue weighted by Crippen LogP contribution is -2.51. The SMILES string of the molecule is COc1cccc(CN(C(=O)CN(c2ccc(F)c(Cl)c2)S(=O)(=O)c2ccccc2)[C@@H](C)C(=O)NCC(C)C)c1. The van der Waals surface area contributed by atoms with Crippen molar-refractivity contribution in [1.29, 1.82) is 0 Å². The smallest absolute Gasteiger partial charge is 0.264 e. The van der Waals surface area contributed by atoms with Crippen LogP contribution in [-0.2, 0) is 26.2 Å². The van der Waals surface area contributed by atoms with Gasteiger partial charge in [0.25, 0.3) is 10.0 Å². The van der Waals surface area contributed by atoms with E-state index in [9.17, 15) is 22.4 Å². The Balaban J connectivity index is 2.03. The predicted molar refractivity (Wildman–Crippen MR) is 153 cm³/mol. The summed E-state index contributed by atoms with van der Waals surface area (Å²) in [4.78, 5) is 28.2. The fourth-order valence-electron chi connectivity index (χ4n) is 3.89. The molecule has 0 spiro atoms. The van der Waals surface area contributed by atoms with Crippen molar-refractivity contribution in [3.63, 3.8) is 0 Å². The van der Waals surface area contributed by atoms with E-state index in [0.717, 1.165) is 16.4 Å². The standard InChI is InChI=1S/C29H33ClFN3O5S/c1-20(2)17-32-29(36)21(3)33(18-22-9-8-10-24(15-22)39-4)28(35)19-34(23-13-14-27(31)26(30)16-23)40(37,38)25-11-6-5-7-12-25/h5-16,20-21H,17-19H2,1-4H3,(H,32,36)/t21-/m0/s1. The van der Waals surface area contributed by atoms with E-state index in [1.165, 1.54) is 30.2 Å². The van der Waals surface area contributed by atoms with Crippen LogP contribution in [0.2, 0.25) is 5.02 Å². The molecule has 214 valence electrons. The monoisotopic (exact) mass is 589 g/mol. The maximum absolute atomic E-state index is 14.0. The van der Waals surface area contributed by atoms with Crippen LogP contribution >= 0.6 is 11.6 Å². The van der Waals surface area contributed by atoms with Gasteiger partial charge in [-0.05, 0) is 60.9 Å². The van der Waals surface area contributed by atoms with Crippen LogP contribution in [0.15, 0.2) is 77.7 Å². The normalized spacial score (nSPS) is 12.1. The fraction of sp³-hybridized carbons (Fsp3) is 0.310. The summed E-state index contributed by atoms with van der Waals surface area (Å²) >= 11 is 5.98. The van der Waals surface area contributed by atoms with Crippen molar-refractivity contribution in [1.82, 2.24) is 10.2 Å². The van der Waals surface area contributed by atoms with Gasteiger partial charge in [-0.3, -0.25) is 13.9 Å². The highest BCUT2D eigenvalue weighted by molar-refractivity contribution is 7.92. The van der Waals surface area contributed by atoms with Crippen molar-refractivity contribution in [3.8, 4) is 5.75 Å². The van der Waals surface area contributed by atoms with Gasteiger partial charge in [0.05, 0.1) is 22.7 Å². The van der Waals surface area contributed by atoms with Crippen molar-refractivity contribution in [2.75, 3.05) is 24.5 Å². The van der Waals surface area contributed by atoms with E-state index < -0.39 is 34.3 Å². The minimum atomic E-state index is -4.28. The van der Waals surface area contributed by atoms with Crippen LogP contribution < -0.4 is 14.4 Å². The zero-order chi connectivity index (χ0) is 29.4. The minimum absolute atomic E-state index is 0.00171. The highest BCUT2D eigenvalue weighted by atomic mass is 35.5. The van der Waals surface area contributed by atoms with Gasteiger partial charge in [-0.1, -0.05) is 55.8 Å². The second-order valence-corrected chi connectivity index (χ2v) is 11.9. The van der Waals surface area contributed by atoms with Crippen LogP contribution in [0.3, 0.4) is 0 Å². The Bertz CT molecular complexity index is 1440. The fourth-order valence-corrected chi connectivity index (χ4v) is 5.49. The van der Waals surface area contributed by atoms with E-state index in [-0.39, 0.29) is 34.0 Å². The van der Waals surface area contributed by atoms with E-state index >= 15 is 0 Å². The molecule has 0 bridgehead atoms. The number of sulfonamides is 1. The molecule has 40 heavy (non-hydrogen) atoms. The maximum atomic E-state index is 14.0. The molecule has 0 heterocycles. The van der Waals surface area contributed by atoms with Gasteiger partial charge < -0.3 is 15.0 Å². The van der Waals surface area contributed by atoms with E-state index in [4.69, 9.17) is 16.3 Å². The van der Waals surface area contributed by atoms with Crippen LogP contribution in [0.4, 0.5) is 10.1 Å². The second kappa shape index (κ2) is 13.6. The van der Waals surface area contributed by atoms with Gasteiger partial charge in [-0.15, -0.1) is 0 Å². The Morgan fingerprint density at radius 3 is 2.33 bits per heavy atom. The molecule has 0 fully saturated rings. The summed E-state index contributed by atoms with van der Waals surface area (Å²) in [6.45, 7) is 5.24. The molecule has 8 nitrogen and oxygen atoms in total. The number of ether oxygens (including phenoxy) is 1. The summed E-state index contributed by atoms with van der Waals surface area (Å²) in [5, 5.41) is 2.53. The summed E-state index contributed by atoms with van der Waals surface area (Å²) in [5.74, 6) is -1.00. The first-order valence-electron chi connectivity index (χ1n) is 12.7. The number of rotatable bonds is 12. The third-order valence-electron chi connectivity index (χ3n) is 6.14. The van der Waals surface area contributed by atoms with Gasteiger partial charge in [0.15, 0.2) is 0 Å². The Kier molecular flexibility index (Phi) is 10.5. The number of amides is 2. The summed E-state index contributed by atoms with van der Waals surface area (Å²) < 4.78 is 47.6. The molecule has 0 saturated heterocycles. The maximum Gasteiger partial charge on any atom is 0.264 e. The molecular formula is C29H33ClFN3O5S. The number of benzene rings is 3. The lowest BCUT2D eigenvalue weighted by atomic mass is 10.1. The third kappa shape index (κ3) is 7.73. The number of methoxy groups -OCH3 is 1. The summed E-state index contributed by atoms with van der Waals surface area (Å²) in [7, 11) is -2.76. The molecule has 0 unspecified atom stereocenters. The van der Waals surface area contributed by atoms with Crippen molar-refractivity contribution in [2.24, 2.45) is 5.92 Å².